The maximum Gasteiger partial charge on any atom is 0.303 e. The first-order valence-corrected chi connectivity index (χ1v) is 7.86. The second-order valence-electron chi connectivity index (χ2n) is 5.89. The van der Waals surface area contributed by atoms with Crippen LogP contribution in [0.15, 0.2) is 24.3 Å². The van der Waals surface area contributed by atoms with Gasteiger partial charge in [-0.1, -0.05) is 12.1 Å². The monoisotopic (exact) mass is 323 g/mol. The number of halogens is 1. The largest absolute Gasteiger partial charge is 0.481 e. The molecule has 23 heavy (non-hydrogen) atoms. The molecule has 6 heteroatoms. The summed E-state index contributed by atoms with van der Waals surface area (Å²) < 4.78 is 18.9. The van der Waals surface area contributed by atoms with E-state index in [1.807, 2.05) is 6.92 Å². The van der Waals surface area contributed by atoms with Gasteiger partial charge in [-0.25, -0.2) is 4.39 Å². The van der Waals surface area contributed by atoms with Gasteiger partial charge in [-0.05, 0) is 37.5 Å². The smallest absolute Gasteiger partial charge is 0.303 e. The van der Waals surface area contributed by atoms with E-state index in [2.05, 4.69) is 0 Å². The van der Waals surface area contributed by atoms with Crippen molar-refractivity contribution in [3.05, 3.63) is 35.6 Å². The highest BCUT2D eigenvalue weighted by atomic mass is 19.1. The van der Waals surface area contributed by atoms with Crippen molar-refractivity contribution in [3.8, 4) is 0 Å². The third-order valence-electron chi connectivity index (χ3n) is 3.89. The van der Waals surface area contributed by atoms with Crippen LogP contribution in [0, 0.1) is 5.82 Å². The molecule has 0 aromatic heterocycles. The minimum atomic E-state index is -0.839. The molecule has 0 radical (unpaired) electrons. The number of hydrogen-bond donors (Lipinski definition) is 1. The predicted molar refractivity (Wildman–Crippen MR) is 82.4 cm³/mol. The molecule has 1 amide bonds. The van der Waals surface area contributed by atoms with Crippen molar-refractivity contribution in [1.29, 1.82) is 0 Å². The van der Waals surface area contributed by atoms with Crippen molar-refractivity contribution in [2.75, 3.05) is 13.1 Å². The summed E-state index contributed by atoms with van der Waals surface area (Å²) in [5.74, 6) is -1.13. The van der Waals surface area contributed by atoms with E-state index in [0.717, 1.165) is 5.56 Å². The van der Waals surface area contributed by atoms with Crippen molar-refractivity contribution < 1.29 is 23.8 Å². The van der Waals surface area contributed by atoms with Gasteiger partial charge < -0.3 is 14.7 Å². The first kappa shape index (κ1) is 17.4. The van der Waals surface area contributed by atoms with Crippen LogP contribution in [-0.2, 0) is 14.3 Å². The zero-order valence-corrected chi connectivity index (χ0v) is 13.2. The molecule has 1 aromatic rings. The summed E-state index contributed by atoms with van der Waals surface area (Å²) in [5, 5.41) is 8.60. The Morgan fingerprint density at radius 2 is 1.87 bits per heavy atom. The lowest BCUT2D eigenvalue weighted by Gasteiger charge is -2.37. The van der Waals surface area contributed by atoms with Gasteiger partial charge in [0.2, 0.25) is 5.91 Å². The van der Waals surface area contributed by atoms with Gasteiger partial charge in [-0.3, -0.25) is 9.59 Å². The van der Waals surface area contributed by atoms with Crippen LogP contribution in [0.5, 0.6) is 0 Å². The topological polar surface area (TPSA) is 66.8 Å². The van der Waals surface area contributed by atoms with Crippen LogP contribution >= 0.6 is 0 Å². The molecule has 1 aromatic carbocycles. The van der Waals surface area contributed by atoms with E-state index < -0.39 is 5.97 Å². The standard InChI is InChI=1S/C17H22FNO4/c1-12-10-19(16(20)4-2-3-5-17(21)22)11-15(23-12)13-6-8-14(18)9-7-13/h6-9,12,15H,2-5,10-11H2,1H3,(H,21,22). The molecular weight excluding hydrogens is 301 g/mol. The Morgan fingerprint density at radius 1 is 1.22 bits per heavy atom. The molecule has 126 valence electrons. The number of ether oxygens (including phenoxy) is 1. The van der Waals surface area contributed by atoms with Crippen LogP contribution in [0.1, 0.15) is 44.3 Å². The van der Waals surface area contributed by atoms with Gasteiger partial charge in [-0.15, -0.1) is 0 Å². The summed E-state index contributed by atoms with van der Waals surface area (Å²) in [4.78, 5) is 24.5. The van der Waals surface area contributed by atoms with Gasteiger partial charge in [0, 0.05) is 19.4 Å². The molecule has 2 rings (SSSR count). The number of carbonyl (C=O) groups excluding carboxylic acids is 1. The van der Waals surface area contributed by atoms with E-state index in [0.29, 0.717) is 32.4 Å². The second-order valence-corrected chi connectivity index (χ2v) is 5.89. The summed E-state index contributed by atoms with van der Waals surface area (Å²) in [5.41, 5.74) is 0.849. The number of unbranched alkanes of at least 4 members (excludes halogenated alkanes) is 1. The number of rotatable bonds is 6. The van der Waals surface area contributed by atoms with E-state index in [1.54, 1.807) is 17.0 Å². The van der Waals surface area contributed by atoms with Gasteiger partial charge in [0.1, 0.15) is 11.9 Å². The first-order valence-electron chi connectivity index (χ1n) is 7.86. The minimum Gasteiger partial charge on any atom is -0.481 e. The van der Waals surface area contributed by atoms with E-state index in [-0.39, 0.29) is 30.4 Å². The highest BCUT2D eigenvalue weighted by molar-refractivity contribution is 5.76. The van der Waals surface area contributed by atoms with E-state index >= 15 is 0 Å². The fourth-order valence-corrected chi connectivity index (χ4v) is 2.73. The highest BCUT2D eigenvalue weighted by Crippen LogP contribution is 2.26. The van der Waals surface area contributed by atoms with Gasteiger partial charge in [0.15, 0.2) is 0 Å². The Balaban J connectivity index is 1.90. The summed E-state index contributed by atoms with van der Waals surface area (Å²) in [6.07, 6.45) is 1.14. The van der Waals surface area contributed by atoms with Crippen LogP contribution in [-0.4, -0.2) is 41.1 Å². The molecule has 1 saturated heterocycles. The lowest BCUT2D eigenvalue weighted by atomic mass is 10.1. The number of carboxylic acids is 1. The third kappa shape index (κ3) is 5.32. The Morgan fingerprint density at radius 3 is 2.52 bits per heavy atom. The molecule has 1 N–H and O–H groups in total. The fraction of sp³-hybridized carbons (Fsp3) is 0.529. The predicted octanol–water partition coefficient (Wildman–Crippen LogP) is 2.76. The number of amides is 1. The molecule has 2 unspecified atom stereocenters. The molecule has 1 aliphatic rings. The van der Waals surface area contributed by atoms with Gasteiger partial charge >= 0.3 is 5.97 Å². The molecule has 0 saturated carbocycles. The summed E-state index contributed by atoms with van der Waals surface area (Å²) >= 11 is 0. The lowest BCUT2D eigenvalue weighted by molar-refractivity contribution is -0.145. The Labute approximate surface area is 135 Å². The number of hydrogen-bond acceptors (Lipinski definition) is 3. The number of nitrogens with zero attached hydrogens (tertiary/aromatic N) is 1. The van der Waals surface area contributed by atoms with Crippen LogP contribution in [0.25, 0.3) is 0 Å². The SMILES string of the molecule is CC1CN(C(=O)CCCCC(=O)O)CC(c2ccc(F)cc2)O1. The van der Waals surface area contributed by atoms with Gasteiger partial charge in [0.05, 0.1) is 12.6 Å². The number of carboxylic acid groups (broad SMARTS) is 1. The van der Waals surface area contributed by atoms with Crippen molar-refractivity contribution in [1.82, 2.24) is 4.90 Å². The first-order chi connectivity index (χ1) is 11.0. The van der Waals surface area contributed by atoms with Crippen LogP contribution < -0.4 is 0 Å². The third-order valence-corrected chi connectivity index (χ3v) is 3.89. The lowest BCUT2D eigenvalue weighted by Crippen LogP contribution is -2.45. The average Bonchev–Trinajstić information content (AvgIpc) is 2.51. The minimum absolute atomic E-state index is 0.0117. The number of aliphatic carboxylic acids is 1. The molecule has 0 aliphatic carbocycles. The quantitative estimate of drug-likeness (QED) is 0.818. The van der Waals surface area contributed by atoms with E-state index in [9.17, 15) is 14.0 Å². The molecule has 5 nitrogen and oxygen atoms in total. The van der Waals surface area contributed by atoms with Crippen molar-refractivity contribution in [2.24, 2.45) is 0 Å². The zero-order chi connectivity index (χ0) is 16.8. The van der Waals surface area contributed by atoms with Crippen molar-refractivity contribution >= 4 is 11.9 Å². The fourth-order valence-electron chi connectivity index (χ4n) is 2.73. The van der Waals surface area contributed by atoms with E-state index in [4.69, 9.17) is 9.84 Å². The molecule has 2 atom stereocenters. The zero-order valence-electron chi connectivity index (χ0n) is 13.2. The number of carbonyl (C=O) groups is 2. The maximum absolute atomic E-state index is 13.0. The molecule has 1 aliphatic heterocycles. The summed E-state index contributed by atoms with van der Waals surface area (Å²) in [6, 6.07) is 6.12. The van der Waals surface area contributed by atoms with Crippen LogP contribution in [0.3, 0.4) is 0 Å². The summed E-state index contributed by atoms with van der Waals surface area (Å²) in [6.45, 7) is 2.86. The number of benzene rings is 1. The summed E-state index contributed by atoms with van der Waals surface area (Å²) in [7, 11) is 0. The Hall–Kier alpha value is -1.95. The Bertz CT molecular complexity index is 546. The van der Waals surface area contributed by atoms with Crippen LogP contribution in [0.2, 0.25) is 0 Å². The van der Waals surface area contributed by atoms with Gasteiger partial charge in [-0.2, -0.15) is 0 Å². The van der Waals surface area contributed by atoms with Crippen molar-refractivity contribution in [3.63, 3.8) is 0 Å². The molecular formula is C17H22FNO4. The van der Waals surface area contributed by atoms with Gasteiger partial charge in [0.25, 0.3) is 0 Å². The molecule has 0 bridgehead atoms. The average molecular weight is 323 g/mol. The Kier molecular flexibility index (Phi) is 6.10. The molecule has 1 fully saturated rings. The molecule has 1 heterocycles. The van der Waals surface area contributed by atoms with Crippen LogP contribution in [0.4, 0.5) is 4.39 Å². The maximum atomic E-state index is 13.0. The number of morpholine rings is 1. The normalized spacial score (nSPS) is 21.2. The van der Waals surface area contributed by atoms with E-state index in [1.165, 1.54) is 12.1 Å². The second kappa shape index (κ2) is 8.06. The van der Waals surface area contributed by atoms with Crippen molar-refractivity contribution in [2.45, 2.75) is 44.8 Å². The highest BCUT2D eigenvalue weighted by Gasteiger charge is 2.29. The molecule has 0 spiro atoms.